The molecule has 1 aliphatic heterocycles. The highest BCUT2D eigenvalue weighted by Gasteiger charge is 2.31. The second-order valence-corrected chi connectivity index (χ2v) is 8.11. The van der Waals surface area contributed by atoms with Crippen LogP contribution in [0.5, 0.6) is 11.5 Å². The van der Waals surface area contributed by atoms with Crippen LogP contribution in [-0.2, 0) is 6.61 Å². The molecule has 1 fully saturated rings. The van der Waals surface area contributed by atoms with Crippen molar-refractivity contribution in [2.24, 2.45) is 0 Å². The highest BCUT2D eigenvalue weighted by atomic mass is 32.2. The lowest BCUT2D eigenvalue weighted by Crippen LogP contribution is -2.34. The quantitative estimate of drug-likeness (QED) is 0.568. The maximum Gasteiger partial charge on any atom is 0.323 e. The molecule has 0 unspecified atom stereocenters. The fourth-order valence-electron chi connectivity index (χ4n) is 3.32. The van der Waals surface area contributed by atoms with E-state index < -0.39 is 0 Å². The normalized spacial score (nSPS) is 15.6. The molecular weight excluding hydrogens is 396 g/mol. The maximum atomic E-state index is 12.9. The Bertz CT molecular complexity index is 979. The standard InChI is InChI=1S/C24H24N2O3S/c1-28-21-12-10-20(11-13-21)25-24(27)26-14-15-30-23(26)19-8-5-9-22(16-19)29-17-18-6-3-2-4-7-18/h2-13,16,23H,14-15,17H2,1H3,(H,25,27)/t23-/m1/s1. The molecule has 3 aromatic carbocycles. The molecule has 0 saturated carbocycles. The van der Waals surface area contributed by atoms with Crippen molar-refractivity contribution in [3.63, 3.8) is 0 Å². The van der Waals surface area contributed by atoms with E-state index in [1.54, 1.807) is 18.9 Å². The van der Waals surface area contributed by atoms with Gasteiger partial charge in [-0.15, -0.1) is 11.8 Å². The number of ether oxygens (including phenoxy) is 2. The molecule has 1 atom stereocenters. The Hall–Kier alpha value is -3.12. The summed E-state index contributed by atoms with van der Waals surface area (Å²) in [6.07, 6.45) is 0. The van der Waals surface area contributed by atoms with Crippen LogP contribution in [0.4, 0.5) is 10.5 Å². The van der Waals surface area contributed by atoms with Gasteiger partial charge >= 0.3 is 6.03 Å². The molecule has 30 heavy (non-hydrogen) atoms. The first-order chi connectivity index (χ1) is 14.7. The van der Waals surface area contributed by atoms with Gasteiger partial charge in [0, 0.05) is 18.0 Å². The van der Waals surface area contributed by atoms with Gasteiger partial charge in [-0.2, -0.15) is 0 Å². The second kappa shape index (κ2) is 9.59. The molecule has 3 aromatic rings. The zero-order valence-electron chi connectivity index (χ0n) is 16.8. The number of rotatable bonds is 6. The molecule has 6 heteroatoms. The molecule has 0 bridgehead atoms. The number of hydrogen-bond donors (Lipinski definition) is 1. The molecular formula is C24H24N2O3S. The highest BCUT2D eigenvalue weighted by Crippen LogP contribution is 2.39. The summed E-state index contributed by atoms with van der Waals surface area (Å²) in [6, 6.07) is 25.3. The number of benzene rings is 3. The summed E-state index contributed by atoms with van der Waals surface area (Å²) in [7, 11) is 1.62. The number of nitrogens with one attached hydrogen (secondary N) is 1. The Morgan fingerprint density at radius 3 is 2.60 bits per heavy atom. The average molecular weight is 421 g/mol. The van der Waals surface area contributed by atoms with E-state index >= 15 is 0 Å². The molecule has 1 saturated heterocycles. The Labute approximate surface area is 181 Å². The molecule has 5 nitrogen and oxygen atoms in total. The van der Waals surface area contributed by atoms with Gasteiger partial charge in [-0.25, -0.2) is 4.79 Å². The SMILES string of the molecule is COc1ccc(NC(=O)N2CCS[C@@H]2c2cccc(OCc3ccccc3)c2)cc1. The zero-order chi connectivity index (χ0) is 20.8. The summed E-state index contributed by atoms with van der Waals surface area (Å²) in [5, 5.41) is 2.94. The van der Waals surface area contributed by atoms with Gasteiger partial charge in [0.1, 0.15) is 23.5 Å². The van der Waals surface area contributed by atoms with E-state index in [9.17, 15) is 4.79 Å². The van der Waals surface area contributed by atoms with E-state index in [0.717, 1.165) is 34.1 Å². The van der Waals surface area contributed by atoms with Gasteiger partial charge in [0.05, 0.1) is 7.11 Å². The molecule has 4 rings (SSSR count). The molecule has 1 N–H and O–H groups in total. The van der Waals surface area contributed by atoms with Gasteiger partial charge in [-0.1, -0.05) is 42.5 Å². The minimum Gasteiger partial charge on any atom is -0.497 e. The lowest BCUT2D eigenvalue weighted by Gasteiger charge is -2.25. The van der Waals surface area contributed by atoms with Crippen molar-refractivity contribution in [2.45, 2.75) is 12.0 Å². The molecule has 0 radical (unpaired) electrons. The number of nitrogens with zero attached hydrogens (tertiary/aromatic N) is 1. The number of amides is 2. The van der Waals surface area contributed by atoms with Crippen LogP contribution in [0.15, 0.2) is 78.9 Å². The number of carbonyl (C=O) groups excluding carboxylic acids is 1. The fourth-order valence-corrected chi connectivity index (χ4v) is 4.57. The van der Waals surface area contributed by atoms with E-state index in [1.807, 2.05) is 83.8 Å². The van der Waals surface area contributed by atoms with Crippen molar-refractivity contribution >= 4 is 23.5 Å². The molecule has 0 spiro atoms. The Morgan fingerprint density at radius 1 is 1.03 bits per heavy atom. The molecule has 0 aliphatic carbocycles. The predicted octanol–water partition coefficient (Wildman–Crippen LogP) is 5.55. The first kappa shape index (κ1) is 20.2. The number of methoxy groups -OCH3 is 1. The van der Waals surface area contributed by atoms with Crippen LogP contribution in [0.1, 0.15) is 16.5 Å². The van der Waals surface area contributed by atoms with E-state index in [0.29, 0.717) is 13.2 Å². The molecule has 1 heterocycles. The van der Waals surface area contributed by atoms with Crippen molar-refractivity contribution < 1.29 is 14.3 Å². The first-order valence-electron chi connectivity index (χ1n) is 9.83. The topological polar surface area (TPSA) is 50.8 Å². The van der Waals surface area contributed by atoms with Crippen LogP contribution >= 0.6 is 11.8 Å². The van der Waals surface area contributed by atoms with Crippen LogP contribution in [0, 0.1) is 0 Å². The molecule has 0 aromatic heterocycles. The Kier molecular flexibility index (Phi) is 6.44. The van der Waals surface area contributed by atoms with Crippen molar-refractivity contribution in [3.05, 3.63) is 90.0 Å². The summed E-state index contributed by atoms with van der Waals surface area (Å²) in [5.74, 6) is 2.46. The van der Waals surface area contributed by atoms with Gasteiger partial charge in [0.15, 0.2) is 0 Å². The maximum absolute atomic E-state index is 12.9. The molecule has 154 valence electrons. The van der Waals surface area contributed by atoms with Crippen molar-refractivity contribution in [3.8, 4) is 11.5 Å². The second-order valence-electron chi connectivity index (χ2n) is 6.92. The van der Waals surface area contributed by atoms with Gasteiger partial charge in [-0.05, 0) is 47.5 Å². The lowest BCUT2D eigenvalue weighted by molar-refractivity contribution is 0.214. The van der Waals surface area contributed by atoms with Gasteiger partial charge in [0.2, 0.25) is 0 Å². The smallest absolute Gasteiger partial charge is 0.323 e. The van der Waals surface area contributed by atoms with Crippen LogP contribution in [-0.4, -0.2) is 30.3 Å². The van der Waals surface area contributed by atoms with Crippen LogP contribution in [0.2, 0.25) is 0 Å². The Morgan fingerprint density at radius 2 is 1.83 bits per heavy atom. The zero-order valence-corrected chi connectivity index (χ0v) is 17.6. The minimum atomic E-state index is -0.106. The van der Waals surface area contributed by atoms with Gasteiger partial charge in [-0.3, -0.25) is 0 Å². The van der Waals surface area contributed by atoms with Crippen LogP contribution in [0.25, 0.3) is 0 Å². The third kappa shape index (κ3) is 4.89. The third-order valence-electron chi connectivity index (χ3n) is 4.88. The summed E-state index contributed by atoms with van der Waals surface area (Å²) in [4.78, 5) is 14.8. The first-order valence-corrected chi connectivity index (χ1v) is 10.9. The van der Waals surface area contributed by atoms with Crippen molar-refractivity contribution in [1.29, 1.82) is 0 Å². The number of urea groups is 1. The highest BCUT2D eigenvalue weighted by molar-refractivity contribution is 7.99. The van der Waals surface area contributed by atoms with E-state index in [4.69, 9.17) is 9.47 Å². The van der Waals surface area contributed by atoms with E-state index in [-0.39, 0.29) is 11.4 Å². The predicted molar refractivity (Wildman–Crippen MR) is 121 cm³/mol. The van der Waals surface area contributed by atoms with Crippen molar-refractivity contribution in [1.82, 2.24) is 4.90 Å². The lowest BCUT2D eigenvalue weighted by atomic mass is 10.2. The fraction of sp³-hybridized carbons (Fsp3) is 0.208. The monoisotopic (exact) mass is 420 g/mol. The van der Waals surface area contributed by atoms with E-state index in [2.05, 4.69) is 5.32 Å². The molecule has 2 amide bonds. The van der Waals surface area contributed by atoms with Gasteiger partial charge < -0.3 is 19.7 Å². The number of carbonyl (C=O) groups is 1. The van der Waals surface area contributed by atoms with Crippen LogP contribution in [0.3, 0.4) is 0 Å². The minimum absolute atomic E-state index is 0.0384. The largest absolute Gasteiger partial charge is 0.497 e. The molecule has 1 aliphatic rings. The van der Waals surface area contributed by atoms with Crippen LogP contribution < -0.4 is 14.8 Å². The van der Waals surface area contributed by atoms with Crippen molar-refractivity contribution in [2.75, 3.05) is 24.7 Å². The number of thioether (sulfide) groups is 1. The third-order valence-corrected chi connectivity index (χ3v) is 6.15. The summed E-state index contributed by atoms with van der Waals surface area (Å²) in [6.45, 7) is 1.22. The summed E-state index contributed by atoms with van der Waals surface area (Å²) in [5.41, 5.74) is 2.93. The number of anilines is 1. The Balaban J connectivity index is 1.42. The summed E-state index contributed by atoms with van der Waals surface area (Å²) >= 11 is 1.76. The average Bonchev–Trinajstić information content (AvgIpc) is 3.29. The number of hydrogen-bond acceptors (Lipinski definition) is 4. The summed E-state index contributed by atoms with van der Waals surface area (Å²) < 4.78 is 11.1. The van der Waals surface area contributed by atoms with E-state index in [1.165, 1.54) is 0 Å². The van der Waals surface area contributed by atoms with Gasteiger partial charge in [0.25, 0.3) is 0 Å².